The van der Waals surface area contributed by atoms with Crippen LogP contribution in [0.3, 0.4) is 0 Å². The molecule has 0 bridgehead atoms. The lowest BCUT2D eigenvalue weighted by molar-refractivity contribution is 0.0696. The van der Waals surface area contributed by atoms with Gasteiger partial charge in [0.15, 0.2) is 0 Å². The maximum absolute atomic E-state index is 12.8. The van der Waals surface area contributed by atoms with Crippen molar-refractivity contribution in [2.45, 2.75) is 26.4 Å². The lowest BCUT2D eigenvalue weighted by Gasteiger charge is -2.29. The fraction of sp³-hybridized carbons (Fsp3) is 0.294. The van der Waals surface area contributed by atoms with Crippen LogP contribution in [0.15, 0.2) is 34.9 Å². The zero-order chi connectivity index (χ0) is 16.6. The van der Waals surface area contributed by atoms with E-state index in [4.69, 9.17) is 5.11 Å². The maximum atomic E-state index is 12.8. The van der Waals surface area contributed by atoms with E-state index in [0.29, 0.717) is 18.8 Å². The Morgan fingerprint density at radius 3 is 2.74 bits per heavy atom. The second-order valence-electron chi connectivity index (χ2n) is 5.59. The number of rotatable bonds is 3. The zero-order valence-corrected chi connectivity index (χ0v) is 14.3. The molecule has 1 aromatic carbocycles. The van der Waals surface area contributed by atoms with E-state index in [2.05, 4.69) is 15.9 Å². The molecule has 120 valence electrons. The van der Waals surface area contributed by atoms with E-state index in [1.807, 2.05) is 29.8 Å². The lowest BCUT2D eigenvalue weighted by Crippen LogP contribution is -2.37. The number of carbonyl (C=O) groups is 2. The molecule has 1 aliphatic heterocycles. The molecule has 1 amide bonds. The highest BCUT2D eigenvalue weighted by Gasteiger charge is 2.24. The van der Waals surface area contributed by atoms with E-state index >= 15 is 0 Å². The van der Waals surface area contributed by atoms with Crippen LogP contribution in [-0.2, 0) is 19.5 Å². The van der Waals surface area contributed by atoms with Gasteiger partial charge in [-0.2, -0.15) is 0 Å². The summed E-state index contributed by atoms with van der Waals surface area (Å²) < 4.78 is 2.79. The molecule has 6 heteroatoms. The van der Waals surface area contributed by atoms with E-state index < -0.39 is 5.97 Å². The van der Waals surface area contributed by atoms with Crippen molar-refractivity contribution >= 4 is 27.8 Å². The number of aromatic nitrogens is 1. The summed E-state index contributed by atoms with van der Waals surface area (Å²) in [6.45, 7) is 3.81. The molecule has 23 heavy (non-hydrogen) atoms. The Kier molecular flexibility index (Phi) is 4.26. The second kappa shape index (κ2) is 6.20. The molecule has 0 saturated heterocycles. The second-order valence-corrected chi connectivity index (χ2v) is 6.51. The van der Waals surface area contributed by atoms with Gasteiger partial charge in [-0.15, -0.1) is 0 Å². The van der Waals surface area contributed by atoms with Crippen molar-refractivity contribution in [1.29, 1.82) is 0 Å². The number of carbonyl (C=O) groups excluding carboxylic acids is 1. The average molecular weight is 377 g/mol. The highest BCUT2D eigenvalue weighted by atomic mass is 79.9. The predicted octanol–water partition coefficient (Wildman–Crippen LogP) is 3.17. The van der Waals surface area contributed by atoms with Gasteiger partial charge in [0, 0.05) is 30.3 Å². The van der Waals surface area contributed by atoms with E-state index in [0.717, 1.165) is 28.6 Å². The first kappa shape index (κ1) is 15.8. The molecule has 0 fully saturated rings. The van der Waals surface area contributed by atoms with Gasteiger partial charge in [0.1, 0.15) is 5.69 Å². The Bertz CT molecular complexity index is 782. The van der Waals surface area contributed by atoms with Crippen LogP contribution in [0.25, 0.3) is 0 Å². The molecule has 0 saturated carbocycles. The normalized spacial score (nSPS) is 13.7. The molecular weight excluding hydrogens is 360 g/mol. The minimum Gasteiger partial charge on any atom is -0.478 e. The van der Waals surface area contributed by atoms with Crippen molar-refractivity contribution < 1.29 is 14.7 Å². The summed E-state index contributed by atoms with van der Waals surface area (Å²) in [5.41, 5.74) is 2.94. The average Bonchev–Trinajstić information content (AvgIpc) is 2.94. The number of nitrogens with zero attached hydrogens (tertiary/aromatic N) is 2. The summed E-state index contributed by atoms with van der Waals surface area (Å²) in [4.78, 5) is 25.7. The first-order valence-electron chi connectivity index (χ1n) is 7.49. The van der Waals surface area contributed by atoms with E-state index in [1.165, 1.54) is 0 Å². The van der Waals surface area contributed by atoms with Gasteiger partial charge in [0.2, 0.25) is 0 Å². The van der Waals surface area contributed by atoms with Crippen LogP contribution in [0.2, 0.25) is 0 Å². The fourth-order valence-electron chi connectivity index (χ4n) is 2.94. The molecule has 0 radical (unpaired) electrons. The highest BCUT2D eigenvalue weighted by Crippen LogP contribution is 2.23. The number of fused-ring (bicyclic) bond motifs is 1. The Hall–Kier alpha value is -2.08. The van der Waals surface area contributed by atoms with Crippen molar-refractivity contribution in [3.8, 4) is 0 Å². The molecule has 1 N–H and O–H groups in total. The van der Waals surface area contributed by atoms with Crippen LogP contribution in [0.4, 0.5) is 0 Å². The van der Waals surface area contributed by atoms with E-state index in [9.17, 15) is 9.59 Å². The number of amides is 1. The van der Waals surface area contributed by atoms with Crippen LogP contribution in [0.1, 0.15) is 38.9 Å². The molecule has 1 aliphatic rings. The molecule has 2 heterocycles. The number of hydrogen-bond acceptors (Lipinski definition) is 2. The number of halogens is 1. The fourth-order valence-corrected chi connectivity index (χ4v) is 3.40. The van der Waals surface area contributed by atoms with Crippen LogP contribution in [0.5, 0.6) is 0 Å². The first-order chi connectivity index (χ1) is 11.0. The number of aryl methyl sites for hydroxylation is 1. The topological polar surface area (TPSA) is 62.5 Å². The molecule has 0 aliphatic carbocycles. The third-order valence-electron chi connectivity index (χ3n) is 4.18. The van der Waals surface area contributed by atoms with Crippen LogP contribution < -0.4 is 0 Å². The molecule has 1 aromatic heterocycles. The molecule has 0 spiro atoms. The number of benzene rings is 1. The largest absolute Gasteiger partial charge is 0.478 e. The lowest BCUT2D eigenvalue weighted by atomic mass is 9.97. The third kappa shape index (κ3) is 3.03. The van der Waals surface area contributed by atoms with Gasteiger partial charge >= 0.3 is 5.97 Å². The van der Waals surface area contributed by atoms with Crippen LogP contribution in [0, 0.1) is 0 Å². The standard InChI is InChI=1S/C17H17BrN2O3/c1-2-19-10-14(18)8-15(19)16(21)20-6-5-11-3-4-12(17(22)23)7-13(11)9-20/h3-4,7-8,10H,2,5-6,9H2,1H3,(H,22,23). The summed E-state index contributed by atoms with van der Waals surface area (Å²) in [6, 6.07) is 6.98. The molecule has 0 unspecified atom stereocenters. The van der Waals surface area contributed by atoms with Crippen molar-refractivity contribution in [3.05, 3.63) is 57.3 Å². The molecule has 0 atom stereocenters. The van der Waals surface area contributed by atoms with Gasteiger partial charge in [0.05, 0.1) is 5.56 Å². The predicted molar refractivity (Wildman–Crippen MR) is 89.7 cm³/mol. The van der Waals surface area contributed by atoms with Crippen LogP contribution >= 0.6 is 15.9 Å². The van der Waals surface area contributed by atoms with Gasteiger partial charge in [-0.1, -0.05) is 6.07 Å². The Balaban J connectivity index is 1.87. The molecule has 2 aromatic rings. The third-order valence-corrected chi connectivity index (χ3v) is 4.61. The number of carboxylic acid groups (broad SMARTS) is 1. The monoisotopic (exact) mass is 376 g/mol. The molecule has 3 rings (SSSR count). The SMILES string of the molecule is CCn1cc(Br)cc1C(=O)N1CCc2ccc(C(=O)O)cc2C1. The molecular formula is C17H17BrN2O3. The Morgan fingerprint density at radius 1 is 1.26 bits per heavy atom. The summed E-state index contributed by atoms with van der Waals surface area (Å²) >= 11 is 3.41. The van der Waals surface area contributed by atoms with E-state index in [-0.39, 0.29) is 11.5 Å². The van der Waals surface area contributed by atoms with Crippen molar-refractivity contribution in [3.63, 3.8) is 0 Å². The van der Waals surface area contributed by atoms with Gasteiger partial charge in [-0.3, -0.25) is 4.79 Å². The summed E-state index contributed by atoms with van der Waals surface area (Å²) in [6.07, 6.45) is 2.64. The number of carboxylic acids is 1. The molecule has 5 nitrogen and oxygen atoms in total. The minimum atomic E-state index is -0.944. The minimum absolute atomic E-state index is 0.0241. The number of hydrogen-bond donors (Lipinski definition) is 1. The Labute approximate surface area is 142 Å². The Morgan fingerprint density at radius 2 is 2.04 bits per heavy atom. The van der Waals surface area contributed by atoms with Crippen molar-refractivity contribution in [1.82, 2.24) is 9.47 Å². The van der Waals surface area contributed by atoms with Gasteiger partial charge in [0.25, 0.3) is 5.91 Å². The maximum Gasteiger partial charge on any atom is 0.335 e. The first-order valence-corrected chi connectivity index (χ1v) is 8.29. The summed E-state index contributed by atoms with van der Waals surface area (Å²) in [5, 5.41) is 9.12. The van der Waals surface area contributed by atoms with Gasteiger partial charge < -0.3 is 14.6 Å². The quantitative estimate of drug-likeness (QED) is 0.894. The summed E-state index contributed by atoms with van der Waals surface area (Å²) in [5.74, 6) is -0.969. The van der Waals surface area contributed by atoms with E-state index in [1.54, 1.807) is 17.0 Å². The van der Waals surface area contributed by atoms with Gasteiger partial charge in [-0.25, -0.2) is 4.79 Å². The van der Waals surface area contributed by atoms with Crippen molar-refractivity contribution in [2.24, 2.45) is 0 Å². The smallest absolute Gasteiger partial charge is 0.335 e. The summed E-state index contributed by atoms with van der Waals surface area (Å²) in [7, 11) is 0. The van der Waals surface area contributed by atoms with Crippen molar-refractivity contribution in [2.75, 3.05) is 6.54 Å². The zero-order valence-electron chi connectivity index (χ0n) is 12.8. The van der Waals surface area contributed by atoms with Crippen LogP contribution in [-0.4, -0.2) is 33.0 Å². The van der Waals surface area contributed by atoms with Gasteiger partial charge in [-0.05, 0) is 58.6 Å². The highest BCUT2D eigenvalue weighted by molar-refractivity contribution is 9.10. The number of aromatic carboxylic acids is 1.